The lowest BCUT2D eigenvalue weighted by molar-refractivity contribution is -0.138. The Kier molecular flexibility index (Phi) is 5.87. The Hall–Kier alpha value is -2.95. The van der Waals surface area contributed by atoms with Crippen molar-refractivity contribution in [2.45, 2.75) is 6.18 Å². The predicted octanol–water partition coefficient (Wildman–Crippen LogP) is 2.67. The van der Waals surface area contributed by atoms with Crippen molar-refractivity contribution < 1.29 is 22.8 Å². The molecule has 3 rings (SSSR count). The minimum Gasteiger partial charge on any atom is -0.343 e. The third-order valence-corrected chi connectivity index (χ3v) is 5.53. The Morgan fingerprint density at radius 2 is 1.76 bits per heavy atom. The minimum atomic E-state index is -4.51. The zero-order valence-corrected chi connectivity index (χ0v) is 16.3. The van der Waals surface area contributed by atoms with Crippen molar-refractivity contribution in [2.75, 3.05) is 43.0 Å². The second-order valence-corrected chi connectivity index (χ2v) is 7.27. The molecule has 1 aromatic heterocycles. The number of benzene rings is 1. The average Bonchev–Trinajstić information content (AvgIpc) is 3.23. The van der Waals surface area contributed by atoms with Gasteiger partial charge in [0.1, 0.15) is 0 Å². The predicted molar refractivity (Wildman–Crippen MR) is 103 cm³/mol. The first kappa shape index (κ1) is 20.8. The summed E-state index contributed by atoms with van der Waals surface area (Å²) >= 11 is 0.497. The molecule has 1 aromatic carbocycles. The van der Waals surface area contributed by atoms with E-state index in [1.54, 1.807) is 41.1 Å². The molecule has 2 aromatic rings. The van der Waals surface area contributed by atoms with Crippen molar-refractivity contribution in [1.29, 1.82) is 0 Å². The quantitative estimate of drug-likeness (QED) is 0.705. The second-order valence-electron chi connectivity index (χ2n) is 6.32. The van der Waals surface area contributed by atoms with Crippen LogP contribution in [-0.4, -0.2) is 60.1 Å². The molecule has 11 heteroatoms. The Bertz CT molecular complexity index is 905. The fourth-order valence-corrected chi connectivity index (χ4v) is 3.60. The number of carbonyl (C=O) groups is 2. The van der Waals surface area contributed by atoms with Crippen LogP contribution in [0.1, 0.15) is 15.4 Å². The molecule has 0 unspecified atom stereocenters. The minimum absolute atomic E-state index is 0.179. The van der Waals surface area contributed by atoms with Crippen LogP contribution in [0.2, 0.25) is 0 Å². The summed E-state index contributed by atoms with van der Waals surface area (Å²) in [6.45, 7) is 4.89. The van der Waals surface area contributed by atoms with Crippen LogP contribution in [0.15, 0.2) is 36.9 Å². The molecule has 154 valence electrons. The lowest BCUT2D eigenvalue weighted by atomic mass is 10.1. The number of hydrogen-bond donors (Lipinski definition) is 0. The second kappa shape index (κ2) is 8.19. The summed E-state index contributed by atoms with van der Waals surface area (Å²) < 4.78 is 38.0. The summed E-state index contributed by atoms with van der Waals surface area (Å²) in [6.07, 6.45) is -3.31. The summed E-state index contributed by atoms with van der Waals surface area (Å²) in [6, 6.07) is 6.62. The van der Waals surface area contributed by atoms with Crippen LogP contribution >= 0.6 is 11.3 Å². The number of aromatic nitrogens is 2. The van der Waals surface area contributed by atoms with Gasteiger partial charge < -0.3 is 14.7 Å². The van der Waals surface area contributed by atoms with E-state index in [0.717, 1.165) is 0 Å². The van der Waals surface area contributed by atoms with E-state index >= 15 is 0 Å². The number of anilines is 2. The molecule has 0 aliphatic carbocycles. The monoisotopic (exact) mass is 425 g/mol. The Labute approximate surface area is 169 Å². The van der Waals surface area contributed by atoms with Gasteiger partial charge in [-0.05, 0) is 30.3 Å². The van der Waals surface area contributed by atoms with E-state index in [4.69, 9.17) is 0 Å². The zero-order valence-electron chi connectivity index (χ0n) is 15.5. The van der Waals surface area contributed by atoms with Gasteiger partial charge in [0, 0.05) is 44.5 Å². The molecule has 2 amide bonds. The van der Waals surface area contributed by atoms with Gasteiger partial charge in [-0.15, -0.1) is 10.2 Å². The Morgan fingerprint density at radius 3 is 2.28 bits per heavy atom. The van der Waals surface area contributed by atoms with Crippen LogP contribution in [0.3, 0.4) is 0 Å². The van der Waals surface area contributed by atoms with Crippen molar-refractivity contribution in [3.05, 3.63) is 47.5 Å². The number of amides is 2. The average molecular weight is 425 g/mol. The van der Waals surface area contributed by atoms with Crippen LogP contribution in [0, 0.1) is 0 Å². The SMILES string of the molecule is C=CC(=O)N(C)c1ccc(C(=O)N2CCN(c3nnc(C(F)(F)F)s3)CC2)cc1. The van der Waals surface area contributed by atoms with Gasteiger partial charge in [0.05, 0.1) is 0 Å². The lowest BCUT2D eigenvalue weighted by Gasteiger charge is -2.34. The highest BCUT2D eigenvalue weighted by molar-refractivity contribution is 7.15. The number of halogens is 3. The van der Waals surface area contributed by atoms with E-state index in [9.17, 15) is 22.8 Å². The Morgan fingerprint density at radius 1 is 1.14 bits per heavy atom. The third kappa shape index (κ3) is 4.56. The number of carbonyl (C=O) groups excluding carboxylic acids is 2. The normalized spacial score (nSPS) is 14.6. The number of likely N-dealkylation sites (N-methyl/N-ethyl adjacent to an activating group) is 1. The van der Waals surface area contributed by atoms with Crippen LogP contribution in [-0.2, 0) is 11.0 Å². The van der Waals surface area contributed by atoms with Gasteiger partial charge in [-0.25, -0.2) is 0 Å². The first-order valence-electron chi connectivity index (χ1n) is 8.66. The number of nitrogens with zero attached hydrogens (tertiary/aromatic N) is 5. The van der Waals surface area contributed by atoms with E-state index in [0.29, 0.717) is 48.8 Å². The summed E-state index contributed by atoms with van der Waals surface area (Å²) in [7, 11) is 1.61. The first-order valence-corrected chi connectivity index (χ1v) is 9.47. The van der Waals surface area contributed by atoms with Gasteiger partial charge in [-0.3, -0.25) is 9.59 Å². The fraction of sp³-hybridized carbons (Fsp3) is 0.333. The van der Waals surface area contributed by atoms with Crippen molar-refractivity contribution in [3.8, 4) is 0 Å². The van der Waals surface area contributed by atoms with E-state index in [-0.39, 0.29) is 16.9 Å². The molecule has 0 radical (unpaired) electrons. The van der Waals surface area contributed by atoms with Crippen molar-refractivity contribution in [3.63, 3.8) is 0 Å². The van der Waals surface area contributed by atoms with Gasteiger partial charge in [-0.2, -0.15) is 13.2 Å². The van der Waals surface area contributed by atoms with Gasteiger partial charge in [0.15, 0.2) is 0 Å². The zero-order chi connectivity index (χ0) is 21.2. The van der Waals surface area contributed by atoms with Gasteiger partial charge in [0.2, 0.25) is 16.0 Å². The standard InChI is InChI=1S/C18H18F3N5O2S/c1-3-14(27)24(2)13-6-4-12(5-7-13)15(28)25-8-10-26(11-9-25)17-23-22-16(29-17)18(19,20)21/h3-7H,1,8-11H2,2H3. The summed E-state index contributed by atoms with van der Waals surface area (Å²) in [5.74, 6) is -0.437. The number of hydrogen-bond acceptors (Lipinski definition) is 6. The molecule has 1 aliphatic heterocycles. The molecule has 29 heavy (non-hydrogen) atoms. The van der Waals surface area contributed by atoms with Crippen LogP contribution in [0.5, 0.6) is 0 Å². The molecule has 0 bridgehead atoms. The molecular formula is C18H18F3N5O2S. The van der Waals surface area contributed by atoms with Crippen molar-refractivity contribution in [1.82, 2.24) is 15.1 Å². The highest BCUT2D eigenvalue weighted by Gasteiger charge is 2.36. The highest BCUT2D eigenvalue weighted by Crippen LogP contribution is 2.34. The van der Waals surface area contributed by atoms with Crippen molar-refractivity contribution in [2.24, 2.45) is 0 Å². The van der Waals surface area contributed by atoms with E-state index in [1.807, 2.05) is 0 Å². The van der Waals surface area contributed by atoms with Gasteiger partial charge in [-0.1, -0.05) is 17.9 Å². The van der Waals surface area contributed by atoms with Gasteiger partial charge in [0.25, 0.3) is 5.91 Å². The molecule has 0 saturated carbocycles. The topological polar surface area (TPSA) is 69.6 Å². The molecule has 0 N–H and O–H groups in total. The summed E-state index contributed by atoms with van der Waals surface area (Å²) in [4.78, 5) is 29.1. The maximum Gasteiger partial charge on any atom is 0.445 e. The summed E-state index contributed by atoms with van der Waals surface area (Å²) in [5, 5.41) is 6.02. The highest BCUT2D eigenvalue weighted by atomic mass is 32.1. The number of rotatable bonds is 4. The first-order chi connectivity index (χ1) is 13.7. The molecule has 0 atom stereocenters. The number of alkyl halides is 3. The smallest absolute Gasteiger partial charge is 0.343 e. The molecule has 1 aliphatic rings. The molecule has 1 saturated heterocycles. The van der Waals surface area contributed by atoms with E-state index in [1.165, 1.54) is 11.0 Å². The molecule has 7 nitrogen and oxygen atoms in total. The molecule has 0 spiro atoms. The largest absolute Gasteiger partial charge is 0.445 e. The van der Waals surface area contributed by atoms with Crippen molar-refractivity contribution >= 4 is 34.0 Å². The Balaban J connectivity index is 1.60. The molecule has 1 fully saturated rings. The van der Waals surface area contributed by atoms with Gasteiger partial charge >= 0.3 is 6.18 Å². The van der Waals surface area contributed by atoms with Crippen LogP contribution < -0.4 is 9.80 Å². The molecular weight excluding hydrogens is 407 g/mol. The lowest BCUT2D eigenvalue weighted by Crippen LogP contribution is -2.48. The third-order valence-electron chi connectivity index (χ3n) is 4.50. The van der Waals surface area contributed by atoms with E-state index < -0.39 is 11.2 Å². The maximum atomic E-state index is 12.7. The molecule has 2 heterocycles. The van der Waals surface area contributed by atoms with Crippen LogP contribution in [0.25, 0.3) is 0 Å². The van der Waals surface area contributed by atoms with E-state index in [2.05, 4.69) is 16.8 Å². The number of piperazine rings is 1. The van der Waals surface area contributed by atoms with Crippen LogP contribution in [0.4, 0.5) is 24.0 Å². The fourth-order valence-electron chi connectivity index (χ4n) is 2.83. The summed E-state index contributed by atoms with van der Waals surface area (Å²) in [5.41, 5.74) is 1.10. The maximum absolute atomic E-state index is 12.7.